The first-order valence-corrected chi connectivity index (χ1v) is 10.2. The van der Waals surface area contributed by atoms with Gasteiger partial charge in [0.2, 0.25) is 0 Å². The number of hydrogen-bond donors (Lipinski definition) is 1. The molecule has 0 spiro atoms. The van der Waals surface area contributed by atoms with Crippen LogP contribution in [0.2, 0.25) is 10.0 Å². The number of carbonyl (C=O) groups excluding carboxylic acids is 1. The fraction of sp³-hybridized carbons (Fsp3) is 0.136. The average molecular weight is 470 g/mol. The van der Waals surface area contributed by atoms with Crippen LogP contribution in [0.15, 0.2) is 52.4 Å². The van der Waals surface area contributed by atoms with E-state index in [2.05, 4.69) is 15.6 Å². The molecule has 0 atom stereocenters. The van der Waals surface area contributed by atoms with E-state index in [9.17, 15) is 14.9 Å². The number of hydrazone groups is 1. The summed E-state index contributed by atoms with van der Waals surface area (Å²) < 4.78 is 6.39. The molecular weight excluding hydrogens is 453 g/mol. The SMILES string of the molecule is CCOc1ccc(-n2nc(C(=O)N/N=C/c3ccc(Cl)cc3Cl)c(C)c(C#N)c2=O)cc1. The standard InChI is InChI=1S/C22H17Cl2N5O3/c1-3-32-17-8-6-16(7-9-17)29-22(31)18(11-25)13(2)20(28-29)21(30)27-26-12-14-4-5-15(23)10-19(14)24/h4-10,12H,3H2,1-2H3,(H,27,30)/b26-12+. The van der Waals surface area contributed by atoms with E-state index in [-0.39, 0.29) is 16.8 Å². The minimum absolute atomic E-state index is 0.116. The van der Waals surface area contributed by atoms with Crippen molar-refractivity contribution in [1.29, 1.82) is 5.26 Å². The molecule has 0 aliphatic rings. The Morgan fingerprint density at radius 3 is 2.62 bits per heavy atom. The van der Waals surface area contributed by atoms with E-state index in [4.69, 9.17) is 27.9 Å². The molecule has 2 aromatic carbocycles. The fourth-order valence-electron chi connectivity index (χ4n) is 2.80. The van der Waals surface area contributed by atoms with Crippen LogP contribution in [0, 0.1) is 18.3 Å². The van der Waals surface area contributed by atoms with Gasteiger partial charge < -0.3 is 4.74 Å². The van der Waals surface area contributed by atoms with Gasteiger partial charge in [-0.05, 0) is 50.2 Å². The molecule has 8 nitrogen and oxygen atoms in total. The summed E-state index contributed by atoms with van der Waals surface area (Å²) in [4.78, 5) is 25.4. The molecule has 162 valence electrons. The normalized spacial score (nSPS) is 10.7. The molecule has 0 aliphatic carbocycles. The van der Waals surface area contributed by atoms with Crippen LogP contribution in [-0.4, -0.2) is 28.5 Å². The van der Waals surface area contributed by atoms with Gasteiger partial charge in [-0.1, -0.05) is 29.3 Å². The van der Waals surface area contributed by atoms with Gasteiger partial charge in [-0.3, -0.25) is 9.59 Å². The second-order valence-corrected chi connectivity index (χ2v) is 7.31. The lowest BCUT2D eigenvalue weighted by Gasteiger charge is -2.11. The molecule has 1 amide bonds. The van der Waals surface area contributed by atoms with E-state index >= 15 is 0 Å². The Bertz CT molecular complexity index is 1290. The molecule has 0 saturated carbocycles. The molecule has 10 heteroatoms. The van der Waals surface area contributed by atoms with Crippen LogP contribution in [0.25, 0.3) is 5.69 Å². The molecule has 0 radical (unpaired) electrons. The third-order valence-corrected chi connectivity index (χ3v) is 4.95. The Balaban J connectivity index is 1.94. The van der Waals surface area contributed by atoms with E-state index < -0.39 is 11.5 Å². The quantitative estimate of drug-likeness (QED) is 0.435. The van der Waals surface area contributed by atoms with Gasteiger partial charge >= 0.3 is 0 Å². The van der Waals surface area contributed by atoms with E-state index in [0.717, 1.165) is 4.68 Å². The summed E-state index contributed by atoms with van der Waals surface area (Å²) in [6, 6.07) is 13.2. The third-order valence-electron chi connectivity index (χ3n) is 4.39. The number of aromatic nitrogens is 2. The highest BCUT2D eigenvalue weighted by molar-refractivity contribution is 6.36. The van der Waals surface area contributed by atoms with Crippen molar-refractivity contribution in [2.75, 3.05) is 6.61 Å². The fourth-order valence-corrected chi connectivity index (χ4v) is 3.25. The number of nitriles is 1. The lowest BCUT2D eigenvalue weighted by Crippen LogP contribution is -2.31. The van der Waals surface area contributed by atoms with Crippen molar-refractivity contribution in [1.82, 2.24) is 15.2 Å². The van der Waals surface area contributed by atoms with Crippen LogP contribution >= 0.6 is 23.2 Å². The van der Waals surface area contributed by atoms with Gasteiger partial charge in [0.15, 0.2) is 5.69 Å². The molecule has 1 aromatic heterocycles. The minimum Gasteiger partial charge on any atom is -0.494 e. The molecular formula is C22H17Cl2N5O3. The Labute approximate surface area is 193 Å². The summed E-state index contributed by atoms with van der Waals surface area (Å²) in [6.45, 7) is 3.82. The van der Waals surface area contributed by atoms with Gasteiger partial charge in [-0.25, -0.2) is 5.43 Å². The zero-order valence-corrected chi connectivity index (χ0v) is 18.6. The van der Waals surface area contributed by atoms with E-state index in [1.807, 2.05) is 13.0 Å². The number of carbonyl (C=O) groups is 1. The van der Waals surface area contributed by atoms with Crippen molar-refractivity contribution in [3.8, 4) is 17.5 Å². The molecule has 3 rings (SSSR count). The largest absolute Gasteiger partial charge is 0.494 e. The minimum atomic E-state index is -0.694. The smallest absolute Gasteiger partial charge is 0.292 e. The van der Waals surface area contributed by atoms with Crippen molar-refractivity contribution in [3.05, 3.63) is 85.2 Å². The Kier molecular flexibility index (Phi) is 7.25. The first kappa shape index (κ1) is 23.0. The van der Waals surface area contributed by atoms with Gasteiger partial charge in [0.1, 0.15) is 17.4 Å². The Morgan fingerprint density at radius 1 is 1.28 bits per heavy atom. The molecule has 0 fully saturated rings. The maximum absolute atomic E-state index is 12.7. The first-order valence-electron chi connectivity index (χ1n) is 9.41. The average Bonchev–Trinajstić information content (AvgIpc) is 2.76. The predicted molar refractivity (Wildman–Crippen MR) is 122 cm³/mol. The zero-order chi connectivity index (χ0) is 23.3. The third kappa shape index (κ3) is 4.97. The van der Waals surface area contributed by atoms with Crippen LogP contribution in [-0.2, 0) is 0 Å². The summed E-state index contributed by atoms with van der Waals surface area (Å²) in [7, 11) is 0. The monoisotopic (exact) mass is 469 g/mol. The highest BCUT2D eigenvalue weighted by Gasteiger charge is 2.20. The topological polar surface area (TPSA) is 109 Å². The lowest BCUT2D eigenvalue weighted by molar-refractivity contribution is 0.0947. The molecule has 0 aliphatic heterocycles. The van der Waals surface area contributed by atoms with Crippen LogP contribution in [0.4, 0.5) is 0 Å². The summed E-state index contributed by atoms with van der Waals surface area (Å²) in [5, 5.41) is 18.3. The summed E-state index contributed by atoms with van der Waals surface area (Å²) in [5.74, 6) is -0.0786. The molecule has 0 saturated heterocycles. The van der Waals surface area contributed by atoms with Gasteiger partial charge in [-0.15, -0.1) is 0 Å². The highest BCUT2D eigenvalue weighted by atomic mass is 35.5. The Hall–Kier alpha value is -3.67. The first-order chi connectivity index (χ1) is 15.3. The van der Waals surface area contributed by atoms with Gasteiger partial charge in [-0.2, -0.15) is 20.1 Å². The van der Waals surface area contributed by atoms with Gasteiger partial charge in [0.05, 0.1) is 23.5 Å². The second-order valence-electron chi connectivity index (χ2n) is 6.47. The number of halogens is 2. The molecule has 1 N–H and O–H groups in total. The number of nitrogens with one attached hydrogen (secondary N) is 1. The van der Waals surface area contributed by atoms with Crippen molar-refractivity contribution in [2.45, 2.75) is 13.8 Å². The van der Waals surface area contributed by atoms with Crippen LogP contribution in [0.1, 0.15) is 34.1 Å². The zero-order valence-electron chi connectivity index (χ0n) is 17.1. The predicted octanol–water partition coefficient (Wildman–Crippen LogP) is 3.88. The number of hydrogen-bond acceptors (Lipinski definition) is 6. The van der Waals surface area contributed by atoms with E-state index in [1.54, 1.807) is 42.5 Å². The number of nitrogens with zero attached hydrogens (tertiary/aromatic N) is 4. The Morgan fingerprint density at radius 2 is 2.00 bits per heavy atom. The van der Waals surface area contributed by atoms with Crippen molar-refractivity contribution < 1.29 is 9.53 Å². The number of rotatable bonds is 6. The van der Waals surface area contributed by atoms with E-state index in [1.165, 1.54) is 13.1 Å². The maximum atomic E-state index is 12.7. The number of benzene rings is 2. The lowest BCUT2D eigenvalue weighted by atomic mass is 10.1. The van der Waals surface area contributed by atoms with Crippen LogP contribution in [0.3, 0.4) is 0 Å². The van der Waals surface area contributed by atoms with Crippen LogP contribution < -0.4 is 15.7 Å². The van der Waals surface area contributed by atoms with Crippen molar-refractivity contribution in [2.24, 2.45) is 5.10 Å². The molecule has 1 heterocycles. The number of ether oxygens (including phenoxy) is 1. The maximum Gasteiger partial charge on any atom is 0.292 e. The second kappa shape index (κ2) is 10.1. The van der Waals surface area contributed by atoms with Crippen LogP contribution in [0.5, 0.6) is 5.75 Å². The highest BCUT2D eigenvalue weighted by Crippen LogP contribution is 2.19. The van der Waals surface area contributed by atoms with Gasteiger partial charge in [0, 0.05) is 16.1 Å². The van der Waals surface area contributed by atoms with E-state index in [0.29, 0.717) is 33.7 Å². The molecule has 3 aromatic rings. The summed E-state index contributed by atoms with van der Waals surface area (Å²) in [5.41, 5.74) is 2.46. The molecule has 32 heavy (non-hydrogen) atoms. The molecule has 0 unspecified atom stereocenters. The van der Waals surface area contributed by atoms with Crippen molar-refractivity contribution in [3.63, 3.8) is 0 Å². The molecule has 0 bridgehead atoms. The summed E-state index contributed by atoms with van der Waals surface area (Å²) in [6.07, 6.45) is 1.35. The van der Waals surface area contributed by atoms with Gasteiger partial charge in [0.25, 0.3) is 11.5 Å². The van der Waals surface area contributed by atoms with Crippen molar-refractivity contribution >= 4 is 35.3 Å². The summed E-state index contributed by atoms with van der Waals surface area (Å²) >= 11 is 11.9. The number of amides is 1.